The minimum absolute atomic E-state index is 0.257. The summed E-state index contributed by atoms with van der Waals surface area (Å²) in [6.45, 7) is 0. The highest BCUT2D eigenvalue weighted by molar-refractivity contribution is 5.36. The summed E-state index contributed by atoms with van der Waals surface area (Å²) in [5, 5.41) is 0. The van der Waals surface area contributed by atoms with Crippen LogP contribution in [0.1, 0.15) is 17.2 Å². The third kappa shape index (κ3) is 1.36. The van der Waals surface area contributed by atoms with E-state index >= 15 is 0 Å². The summed E-state index contributed by atoms with van der Waals surface area (Å²) in [5.74, 6) is 0. The van der Waals surface area contributed by atoms with Gasteiger partial charge in [-0.2, -0.15) is 0 Å². The van der Waals surface area contributed by atoms with Gasteiger partial charge >= 0.3 is 0 Å². The molecular formula is C11H16N2. The molecule has 0 aromatic heterocycles. The Morgan fingerprint density at radius 1 is 1.31 bits per heavy atom. The van der Waals surface area contributed by atoms with Crippen LogP contribution >= 0.6 is 0 Å². The molecule has 2 unspecified atom stereocenters. The number of nitrogens with zero attached hydrogens (tertiary/aromatic N) is 1. The Morgan fingerprint density at radius 2 is 2.00 bits per heavy atom. The van der Waals surface area contributed by atoms with E-state index in [2.05, 4.69) is 43.3 Å². The van der Waals surface area contributed by atoms with Gasteiger partial charge < -0.3 is 10.6 Å². The molecular weight excluding hydrogens is 160 g/mol. The Morgan fingerprint density at radius 3 is 2.69 bits per heavy atom. The van der Waals surface area contributed by atoms with Crippen LogP contribution in [0.15, 0.2) is 24.3 Å². The topological polar surface area (TPSA) is 29.3 Å². The molecule has 13 heavy (non-hydrogen) atoms. The minimum Gasteiger partial charge on any atom is -0.326 e. The van der Waals surface area contributed by atoms with E-state index in [9.17, 15) is 0 Å². The van der Waals surface area contributed by atoms with E-state index in [1.54, 1.807) is 0 Å². The van der Waals surface area contributed by atoms with Crippen molar-refractivity contribution >= 4 is 0 Å². The number of benzene rings is 1. The monoisotopic (exact) mass is 176 g/mol. The van der Waals surface area contributed by atoms with Crippen molar-refractivity contribution < 1.29 is 0 Å². The summed E-state index contributed by atoms with van der Waals surface area (Å²) >= 11 is 0. The first kappa shape index (κ1) is 8.73. The zero-order valence-electron chi connectivity index (χ0n) is 8.20. The van der Waals surface area contributed by atoms with Crippen molar-refractivity contribution in [2.45, 2.75) is 18.5 Å². The minimum atomic E-state index is 0.257. The van der Waals surface area contributed by atoms with Gasteiger partial charge in [-0.25, -0.2) is 0 Å². The number of rotatable bonds is 1. The molecule has 0 saturated heterocycles. The fourth-order valence-corrected chi connectivity index (χ4v) is 2.27. The summed E-state index contributed by atoms with van der Waals surface area (Å²) < 4.78 is 0. The molecule has 1 aliphatic rings. The summed E-state index contributed by atoms with van der Waals surface area (Å²) in [6, 6.07) is 9.20. The maximum atomic E-state index is 6.09. The normalized spacial score (nSPS) is 26.5. The third-order valence-electron chi connectivity index (χ3n) is 2.79. The first-order valence-electron chi connectivity index (χ1n) is 4.70. The number of nitrogens with two attached hydrogens (primary N) is 1. The third-order valence-corrected chi connectivity index (χ3v) is 2.79. The van der Waals surface area contributed by atoms with Gasteiger partial charge in [0.1, 0.15) is 0 Å². The van der Waals surface area contributed by atoms with E-state index in [0.29, 0.717) is 6.04 Å². The zero-order chi connectivity index (χ0) is 9.42. The van der Waals surface area contributed by atoms with Crippen LogP contribution in [0.25, 0.3) is 0 Å². The Hall–Kier alpha value is -0.860. The van der Waals surface area contributed by atoms with Crippen molar-refractivity contribution in [1.82, 2.24) is 4.90 Å². The van der Waals surface area contributed by atoms with E-state index in [0.717, 1.165) is 6.42 Å². The van der Waals surface area contributed by atoms with E-state index in [1.807, 2.05) is 0 Å². The second-order valence-electron chi connectivity index (χ2n) is 3.98. The molecule has 0 saturated carbocycles. The molecule has 2 N–H and O–H groups in total. The van der Waals surface area contributed by atoms with Gasteiger partial charge in [0.2, 0.25) is 0 Å². The molecule has 2 heteroatoms. The van der Waals surface area contributed by atoms with Crippen molar-refractivity contribution in [3.63, 3.8) is 0 Å². The van der Waals surface area contributed by atoms with Gasteiger partial charge in [0.15, 0.2) is 0 Å². The molecule has 0 amide bonds. The second kappa shape index (κ2) is 3.13. The maximum Gasteiger partial charge on any atom is 0.0499 e. The van der Waals surface area contributed by atoms with E-state index in [-0.39, 0.29) is 6.04 Å². The molecule has 1 aliphatic carbocycles. The van der Waals surface area contributed by atoms with Crippen molar-refractivity contribution in [2.75, 3.05) is 14.1 Å². The number of fused-ring (bicyclic) bond motifs is 1. The lowest BCUT2D eigenvalue weighted by Crippen LogP contribution is -2.34. The summed E-state index contributed by atoms with van der Waals surface area (Å²) in [5.41, 5.74) is 8.90. The molecule has 0 radical (unpaired) electrons. The van der Waals surface area contributed by atoms with E-state index in [4.69, 9.17) is 5.73 Å². The summed E-state index contributed by atoms with van der Waals surface area (Å²) in [6.07, 6.45) is 1.01. The van der Waals surface area contributed by atoms with Gasteiger partial charge in [0.25, 0.3) is 0 Å². The first-order valence-corrected chi connectivity index (χ1v) is 4.70. The van der Waals surface area contributed by atoms with E-state index in [1.165, 1.54) is 11.1 Å². The van der Waals surface area contributed by atoms with Crippen LogP contribution in [0, 0.1) is 0 Å². The zero-order valence-corrected chi connectivity index (χ0v) is 8.20. The highest BCUT2D eigenvalue weighted by Crippen LogP contribution is 2.32. The molecule has 0 aliphatic heterocycles. The second-order valence-corrected chi connectivity index (χ2v) is 3.98. The molecule has 0 bridgehead atoms. The SMILES string of the molecule is CN(C)C1c2ccccc2CC1N. The molecule has 70 valence electrons. The van der Waals surface area contributed by atoms with Gasteiger partial charge in [0.05, 0.1) is 0 Å². The molecule has 0 spiro atoms. The Balaban J connectivity index is 2.40. The van der Waals surface area contributed by atoms with Crippen molar-refractivity contribution in [2.24, 2.45) is 5.73 Å². The van der Waals surface area contributed by atoms with Crippen LogP contribution in [0.4, 0.5) is 0 Å². The van der Waals surface area contributed by atoms with Crippen LogP contribution in [0.3, 0.4) is 0 Å². The van der Waals surface area contributed by atoms with Crippen molar-refractivity contribution in [3.05, 3.63) is 35.4 Å². The largest absolute Gasteiger partial charge is 0.326 e. The molecule has 2 atom stereocenters. The lowest BCUT2D eigenvalue weighted by atomic mass is 10.1. The van der Waals surface area contributed by atoms with Gasteiger partial charge in [0, 0.05) is 12.1 Å². The Bertz CT molecular complexity index is 307. The molecule has 0 heterocycles. The molecule has 0 fully saturated rings. The van der Waals surface area contributed by atoms with Crippen LogP contribution in [0.5, 0.6) is 0 Å². The van der Waals surface area contributed by atoms with Gasteiger partial charge in [-0.15, -0.1) is 0 Å². The number of likely N-dealkylation sites (N-methyl/N-ethyl adjacent to an activating group) is 1. The van der Waals surface area contributed by atoms with Gasteiger partial charge in [-0.1, -0.05) is 24.3 Å². The lowest BCUT2D eigenvalue weighted by molar-refractivity contribution is 0.273. The van der Waals surface area contributed by atoms with Crippen LogP contribution in [-0.2, 0) is 6.42 Å². The van der Waals surface area contributed by atoms with Crippen LogP contribution < -0.4 is 5.73 Å². The molecule has 1 aromatic rings. The predicted molar refractivity (Wildman–Crippen MR) is 54.5 cm³/mol. The first-order chi connectivity index (χ1) is 6.20. The fourth-order valence-electron chi connectivity index (χ4n) is 2.27. The highest BCUT2D eigenvalue weighted by atomic mass is 15.1. The Kier molecular flexibility index (Phi) is 2.10. The molecule has 2 nitrogen and oxygen atoms in total. The van der Waals surface area contributed by atoms with Crippen molar-refractivity contribution in [1.29, 1.82) is 0 Å². The molecule has 1 aromatic carbocycles. The van der Waals surface area contributed by atoms with Crippen LogP contribution in [-0.4, -0.2) is 25.0 Å². The Labute approximate surface area is 79.4 Å². The fraction of sp³-hybridized carbons (Fsp3) is 0.455. The highest BCUT2D eigenvalue weighted by Gasteiger charge is 2.30. The predicted octanol–water partition coefficient (Wildman–Crippen LogP) is 1.17. The maximum absolute atomic E-state index is 6.09. The standard InChI is InChI=1S/C11H16N2/c1-13(2)11-9-6-4-3-5-8(9)7-10(11)12/h3-6,10-11H,7,12H2,1-2H3. The smallest absolute Gasteiger partial charge is 0.0499 e. The lowest BCUT2D eigenvalue weighted by Gasteiger charge is -2.24. The van der Waals surface area contributed by atoms with Gasteiger partial charge in [-0.3, -0.25) is 0 Å². The summed E-state index contributed by atoms with van der Waals surface area (Å²) in [4.78, 5) is 2.20. The van der Waals surface area contributed by atoms with E-state index < -0.39 is 0 Å². The molecule has 2 rings (SSSR count). The summed E-state index contributed by atoms with van der Waals surface area (Å²) in [7, 11) is 4.18. The number of hydrogen-bond acceptors (Lipinski definition) is 2. The van der Waals surface area contributed by atoms with Crippen molar-refractivity contribution in [3.8, 4) is 0 Å². The average molecular weight is 176 g/mol. The number of hydrogen-bond donors (Lipinski definition) is 1. The van der Waals surface area contributed by atoms with Gasteiger partial charge in [-0.05, 0) is 31.6 Å². The quantitative estimate of drug-likeness (QED) is 0.696. The average Bonchev–Trinajstić information content (AvgIpc) is 2.39. The van der Waals surface area contributed by atoms with Crippen LogP contribution in [0.2, 0.25) is 0 Å².